The van der Waals surface area contributed by atoms with Gasteiger partial charge in [0.05, 0.1) is 0 Å². The van der Waals surface area contributed by atoms with Gasteiger partial charge in [0.25, 0.3) is 0 Å². The predicted molar refractivity (Wildman–Crippen MR) is 91.6 cm³/mol. The van der Waals surface area contributed by atoms with Gasteiger partial charge < -0.3 is 11.1 Å². The average Bonchev–Trinajstić information content (AvgIpc) is 3.01. The number of amides is 1. The third-order valence-corrected chi connectivity index (χ3v) is 4.79. The highest BCUT2D eigenvalue weighted by Gasteiger charge is 2.31. The number of benzene rings is 1. The van der Waals surface area contributed by atoms with Crippen molar-refractivity contribution >= 4 is 11.6 Å². The Morgan fingerprint density at radius 1 is 1.32 bits per heavy atom. The van der Waals surface area contributed by atoms with Crippen LogP contribution in [0, 0.1) is 11.8 Å². The third-order valence-electron chi connectivity index (χ3n) is 4.79. The van der Waals surface area contributed by atoms with E-state index in [1.165, 1.54) is 5.56 Å². The fraction of sp³-hybridized carbons (Fsp3) is 0.611. The maximum atomic E-state index is 12.5. The molecule has 1 aromatic carbocycles. The van der Waals surface area contributed by atoms with Crippen molar-refractivity contribution in [1.29, 1.82) is 0 Å². The van der Waals surface area contributed by atoms with Crippen LogP contribution in [-0.4, -0.2) is 30.4 Å². The molecule has 1 saturated carbocycles. The monoisotopic (exact) mass is 303 g/mol. The van der Waals surface area contributed by atoms with Gasteiger partial charge in [0.2, 0.25) is 5.91 Å². The van der Waals surface area contributed by atoms with Crippen LogP contribution in [0.1, 0.15) is 38.7 Å². The summed E-state index contributed by atoms with van der Waals surface area (Å²) < 4.78 is 0. The first kappa shape index (κ1) is 17.0. The summed E-state index contributed by atoms with van der Waals surface area (Å²) in [6.45, 7) is 7.94. The number of nitrogens with one attached hydrogen (secondary N) is 1. The summed E-state index contributed by atoms with van der Waals surface area (Å²) in [7, 11) is 0. The first-order chi connectivity index (χ1) is 10.7. The number of carbonyl (C=O) groups is 1. The molecule has 1 amide bonds. The maximum absolute atomic E-state index is 12.5. The molecule has 1 aliphatic rings. The van der Waals surface area contributed by atoms with E-state index in [1.807, 2.05) is 12.1 Å². The summed E-state index contributed by atoms with van der Waals surface area (Å²) in [5, 5.41) is 3.08. The number of rotatable bonds is 7. The van der Waals surface area contributed by atoms with E-state index in [2.05, 4.69) is 36.2 Å². The lowest BCUT2D eigenvalue weighted by atomic mass is 9.95. The van der Waals surface area contributed by atoms with E-state index in [0.717, 1.165) is 44.6 Å². The second-order valence-corrected chi connectivity index (χ2v) is 6.18. The van der Waals surface area contributed by atoms with Crippen molar-refractivity contribution in [3.8, 4) is 0 Å². The molecule has 0 aromatic heterocycles. The van der Waals surface area contributed by atoms with Crippen LogP contribution in [-0.2, 0) is 11.3 Å². The van der Waals surface area contributed by atoms with E-state index < -0.39 is 0 Å². The highest BCUT2D eigenvalue weighted by atomic mass is 16.1. The lowest BCUT2D eigenvalue weighted by molar-refractivity contribution is -0.120. The number of nitrogens with two attached hydrogens (primary N) is 1. The summed E-state index contributed by atoms with van der Waals surface area (Å²) in [5.41, 5.74) is 7.92. The molecule has 1 fully saturated rings. The van der Waals surface area contributed by atoms with Crippen molar-refractivity contribution in [3.05, 3.63) is 29.8 Å². The SMILES string of the molecule is CCN(CC)Cc1cccc(NC(=O)[C@@H]2CCC[C@@H]2CN)c1. The van der Waals surface area contributed by atoms with Crippen molar-refractivity contribution in [3.63, 3.8) is 0 Å². The second kappa shape index (κ2) is 8.30. The number of nitrogens with zero attached hydrogens (tertiary/aromatic N) is 1. The molecule has 0 radical (unpaired) electrons. The van der Waals surface area contributed by atoms with Crippen LogP contribution >= 0.6 is 0 Å². The molecule has 1 aromatic rings. The molecule has 0 heterocycles. The zero-order valence-corrected chi connectivity index (χ0v) is 13.8. The lowest BCUT2D eigenvalue weighted by Gasteiger charge is -2.20. The van der Waals surface area contributed by atoms with Crippen LogP contribution in [0.4, 0.5) is 5.69 Å². The Morgan fingerprint density at radius 2 is 2.09 bits per heavy atom. The molecule has 2 atom stereocenters. The Kier molecular flexibility index (Phi) is 6.40. The van der Waals surface area contributed by atoms with Gasteiger partial charge in [-0.05, 0) is 56.1 Å². The lowest BCUT2D eigenvalue weighted by Crippen LogP contribution is -2.29. The molecular formula is C18H29N3O. The maximum Gasteiger partial charge on any atom is 0.227 e. The van der Waals surface area contributed by atoms with Crippen LogP contribution in [0.25, 0.3) is 0 Å². The van der Waals surface area contributed by atoms with Gasteiger partial charge in [-0.25, -0.2) is 0 Å². The Labute approximate surface area is 134 Å². The molecule has 0 saturated heterocycles. The van der Waals surface area contributed by atoms with Crippen LogP contribution in [0.15, 0.2) is 24.3 Å². The zero-order chi connectivity index (χ0) is 15.9. The highest BCUT2D eigenvalue weighted by Crippen LogP contribution is 2.31. The average molecular weight is 303 g/mol. The molecule has 0 unspecified atom stereocenters. The van der Waals surface area contributed by atoms with Gasteiger partial charge in [0.1, 0.15) is 0 Å². The summed E-state index contributed by atoms with van der Waals surface area (Å²) >= 11 is 0. The summed E-state index contributed by atoms with van der Waals surface area (Å²) in [5.74, 6) is 0.559. The molecule has 0 bridgehead atoms. The minimum atomic E-state index is 0.0800. The summed E-state index contributed by atoms with van der Waals surface area (Å²) in [6.07, 6.45) is 3.16. The zero-order valence-electron chi connectivity index (χ0n) is 13.8. The van der Waals surface area contributed by atoms with Crippen molar-refractivity contribution in [2.45, 2.75) is 39.7 Å². The van der Waals surface area contributed by atoms with Gasteiger partial charge in [0, 0.05) is 18.2 Å². The Balaban J connectivity index is 1.99. The van der Waals surface area contributed by atoms with Crippen LogP contribution in [0.5, 0.6) is 0 Å². The standard InChI is InChI=1S/C18H29N3O/c1-3-21(4-2)13-14-7-5-9-16(11-14)20-18(22)17-10-6-8-15(17)12-19/h5,7,9,11,15,17H,3-4,6,8,10,12-13,19H2,1-2H3,(H,20,22)/t15-,17-/m1/s1. The van der Waals surface area contributed by atoms with Gasteiger partial charge in [-0.15, -0.1) is 0 Å². The van der Waals surface area contributed by atoms with Gasteiger partial charge in [-0.2, -0.15) is 0 Å². The van der Waals surface area contributed by atoms with Gasteiger partial charge in [-0.1, -0.05) is 32.4 Å². The van der Waals surface area contributed by atoms with E-state index in [9.17, 15) is 4.79 Å². The predicted octanol–water partition coefficient (Wildman–Crippen LogP) is 2.84. The van der Waals surface area contributed by atoms with E-state index in [1.54, 1.807) is 0 Å². The van der Waals surface area contributed by atoms with E-state index in [0.29, 0.717) is 12.5 Å². The molecule has 122 valence electrons. The number of carbonyl (C=O) groups excluding carboxylic acids is 1. The Morgan fingerprint density at radius 3 is 2.77 bits per heavy atom. The molecule has 22 heavy (non-hydrogen) atoms. The molecule has 4 nitrogen and oxygen atoms in total. The highest BCUT2D eigenvalue weighted by molar-refractivity contribution is 5.93. The van der Waals surface area contributed by atoms with Crippen LogP contribution in [0.2, 0.25) is 0 Å². The molecule has 0 spiro atoms. The van der Waals surface area contributed by atoms with Gasteiger partial charge in [-0.3, -0.25) is 9.69 Å². The van der Waals surface area contributed by atoms with Crippen LogP contribution in [0.3, 0.4) is 0 Å². The minimum absolute atomic E-state index is 0.0800. The molecule has 1 aliphatic carbocycles. The molecule has 4 heteroatoms. The van der Waals surface area contributed by atoms with E-state index in [-0.39, 0.29) is 11.8 Å². The van der Waals surface area contributed by atoms with E-state index >= 15 is 0 Å². The smallest absolute Gasteiger partial charge is 0.227 e. The number of hydrogen-bond acceptors (Lipinski definition) is 3. The Hall–Kier alpha value is -1.39. The first-order valence-corrected chi connectivity index (χ1v) is 8.50. The van der Waals surface area contributed by atoms with Crippen molar-refractivity contribution in [2.75, 3.05) is 25.0 Å². The second-order valence-electron chi connectivity index (χ2n) is 6.18. The number of anilines is 1. The summed E-state index contributed by atoms with van der Waals surface area (Å²) in [4.78, 5) is 14.8. The minimum Gasteiger partial charge on any atom is -0.330 e. The van der Waals surface area contributed by atoms with Gasteiger partial charge in [0.15, 0.2) is 0 Å². The molecule has 3 N–H and O–H groups in total. The van der Waals surface area contributed by atoms with E-state index in [4.69, 9.17) is 5.73 Å². The van der Waals surface area contributed by atoms with Crippen molar-refractivity contribution in [1.82, 2.24) is 4.90 Å². The fourth-order valence-electron chi connectivity index (χ4n) is 3.35. The molecular weight excluding hydrogens is 274 g/mol. The first-order valence-electron chi connectivity index (χ1n) is 8.50. The Bertz CT molecular complexity index is 485. The topological polar surface area (TPSA) is 58.4 Å². The molecule has 0 aliphatic heterocycles. The fourth-order valence-corrected chi connectivity index (χ4v) is 3.35. The summed E-state index contributed by atoms with van der Waals surface area (Å²) in [6, 6.07) is 8.19. The largest absolute Gasteiger partial charge is 0.330 e. The molecule has 2 rings (SSSR count). The van der Waals surface area contributed by atoms with Crippen LogP contribution < -0.4 is 11.1 Å². The number of hydrogen-bond donors (Lipinski definition) is 2. The quantitative estimate of drug-likeness (QED) is 0.814. The third kappa shape index (κ3) is 4.31. The van der Waals surface area contributed by atoms with Crippen molar-refractivity contribution < 1.29 is 4.79 Å². The normalized spacial score (nSPS) is 21.3. The van der Waals surface area contributed by atoms with Gasteiger partial charge >= 0.3 is 0 Å². The van der Waals surface area contributed by atoms with Crippen molar-refractivity contribution in [2.24, 2.45) is 17.6 Å².